The van der Waals surface area contributed by atoms with Gasteiger partial charge in [0.1, 0.15) is 5.75 Å². The first-order chi connectivity index (χ1) is 8.74. The van der Waals surface area contributed by atoms with Crippen molar-refractivity contribution >= 4 is 5.91 Å². The van der Waals surface area contributed by atoms with Crippen molar-refractivity contribution < 1.29 is 9.90 Å². The van der Waals surface area contributed by atoms with Crippen molar-refractivity contribution in [3.05, 3.63) is 29.8 Å². The van der Waals surface area contributed by atoms with Gasteiger partial charge in [0.05, 0.1) is 0 Å². The molecular weight excluding hydrogens is 228 g/mol. The molecule has 0 spiro atoms. The SMILES string of the molecule is NCCCCCCC(=O)NCc1ccccc1O. The van der Waals surface area contributed by atoms with Crippen LogP contribution in [-0.4, -0.2) is 17.6 Å². The van der Waals surface area contributed by atoms with Crippen LogP contribution in [0.3, 0.4) is 0 Å². The molecule has 0 atom stereocenters. The van der Waals surface area contributed by atoms with E-state index in [2.05, 4.69) is 5.32 Å². The Hall–Kier alpha value is -1.55. The predicted octanol–water partition coefficient (Wildman–Crippen LogP) is 1.92. The highest BCUT2D eigenvalue weighted by Crippen LogP contribution is 2.14. The molecule has 0 aliphatic heterocycles. The molecule has 0 radical (unpaired) electrons. The van der Waals surface area contributed by atoms with Crippen molar-refractivity contribution in [2.75, 3.05) is 6.54 Å². The number of carbonyl (C=O) groups is 1. The van der Waals surface area contributed by atoms with Crippen molar-refractivity contribution in [3.8, 4) is 5.75 Å². The van der Waals surface area contributed by atoms with Gasteiger partial charge in [-0.3, -0.25) is 4.79 Å². The van der Waals surface area contributed by atoms with Gasteiger partial charge in [-0.2, -0.15) is 0 Å². The van der Waals surface area contributed by atoms with Gasteiger partial charge in [0.15, 0.2) is 0 Å². The molecule has 0 bridgehead atoms. The molecule has 0 aliphatic rings. The maximum Gasteiger partial charge on any atom is 0.220 e. The standard InChI is InChI=1S/C14H22N2O2/c15-10-6-2-1-3-9-14(18)16-11-12-7-4-5-8-13(12)17/h4-5,7-8,17H,1-3,6,9-11,15H2,(H,16,18). The number of benzene rings is 1. The Balaban J connectivity index is 2.15. The average Bonchev–Trinajstić information content (AvgIpc) is 2.37. The van der Waals surface area contributed by atoms with E-state index in [1.165, 1.54) is 0 Å². The zero-order valence-corrected chi connectivity index (χ0v) is 10.7. The largest absolute Gasteiger partial charge is 0.508 e. The quantitative estimate of drug-likeness (QED) is 0.617. The van der Waals surface area contributed by atoms with Crippen LogP contribution >= 0.6 is 0 Å². The second kappa shape index (κ2) is 8.53. The first-order valence-corrected chi connectivity index (χ1v) is 6.47. The van der Waals surface area contributed by atoms with Gasteiger partial charge in [0, 0.05) is 18.5 Å². The lowest BCUT2D eigenvalue weighted by atomic mass is 10.1. The Bertz CT molecular complexity index is 367. The molecule has 1 rings (SSSR count). The van der Waals surface area contributed by atoms with Gasteiger partial charge in [-0.25, -0.2) is 0 Å². The zero-order valence-electron chi connectivity index (χ0n) is 10.7. The number of para-hydroxylation sites is 1. The minimum atomic E-state index is 0.0333. The van der Waals surface area contributed by atoms with E-state index in [1.54, 1.807) is 18.2 Å². The number of hydrogen-bond donors (Lipinski definition) is 3. The average molecular weight is 250 g/mol. The molecule has 0 saturated heterocycles. The summed E-state index contributed by atoms with van der Waals surface area (Å²) < 4.78 is 0. The molecule has 100 valence electrons. The second-order valence-corrected chi connectivity index (χ2v) is 4.36. The van der Waals surface area contributed by atoms with Crippen LogP contribution in [0.25, 0.3) is 0 Å². The normalized spacial score (nSPS) is 10.3. The number of nitrogens with two attached hydrogens (primary N) is 1. The van der Waals surface area contributed by atoms with Crippen molar-refractivity contribution in [2.24, 2.45) is 5.73 Å². The molecule has 4 heteroatoms. The Morgan fingerprint density at radius 2 is 1.89 bits per heavy atom. The molecule has 4 nitrogen and oxygen atoms in total. The summed E-state index contributed by atoms with van der Waals surface area (Å²) in [7, 11) is 0. The molecule has 1 aromatic carbocycles. The maximum absolute atomic E-state index is 11.5. The summed E-state index contributed by atoms with van der Waals surface area (Å²) in [6.07, 6.45) is 4.59. The number of carbonyl (C=O) groups excluding carboxylic acids is 1. The Morgan fingerprint density at radius 3 is 2.61 bits per heavy atom. The molecule has 0 unspecified atom stereocenters. The molecular formula is C14H22N2O2. The topological polar surface area (TPSA) is 75.4 Å². The van der Waals surface area contributed by atoms with Gasteiger partial charge in [-0.05, 0) is 25.5 Å². The summed E-state index contributed by atoms with van der Waals surface area (Å²) in [5.41, 5.74) is 6.14. The van der Waals surface area contributed by atoms with E-state index in [4.69, 9.17) is 5.73 Å². The molecule has 1 amide bonds. The van der Waals surface area contributed by atoms with E-state index in [0.29, 0.717) is 13.0 Å². The summed E-state index contributed by atoms with van der Waals surface area (Å²) in [5, 5.41) is 12.3. The summed E-state index contributed by atoms with van der Waals surface area (Å²) in [6, 6.07) is 7.03. The first kappa shape index (κ1) is 14.5. The summed E-state index contributed by atoms with van der Waals surface area (Å²) in [5.74, 6) is 0.256. The Kier molecular flexibility index (Phi) is 6.87. The molecule has 0 saturated carbocycles. The van der Waals surface area contributed by atoms with Crippen LogP contribution in [0.15, 0.2) is 24.3 Å². The van der Waals surface area contributed by atoms with Crippen LogP contribution in [0.2, 0.25) is 0 Å². The zero-order chi connectivity index (χ0) is 13.2. The van der Waals surface area contributed by atoms with E-state index in [0.717, 1.165) is 37.8 Å². The Labute approximate surface area is 108 Å². The number of nitrogens with one attached hydrogen (secondary N) is 1. The summed E-state index contributed by atoms with van der Waals surface area (Å²) >= 11 is 0. The van der Waals surface area contributed by atoms with E-state index in [-0.39, 0.29) is 11.7 Å². The number of hydrogen-bond acceptors (Lipinski definition) is 3. The molecule has 1 aromatic rings. The number of phenols is 1. The van der Waals surface area contributed by atoms with E-state index >= 15 is 0 Å². The number of rotatable bonds is 8. The van der Waals surface area contributed by atoms with Crippen molar-refractivity contribution in [1.29, 1.82) is 0 Å². The van der Waals surface area contributed by atoms with Crippen LogP contribution in [0.5, 0.6) is 5.75 Å². The fourth-order valence-corrected chi connectivity index (χ4v) is 1.73. The number of unbranched alkanes of at least 4 members (excludes halogenated alkanes) is 3. The van der Waals surface area contributed by atoms with Crippen molar-refractivity contribution in [2.45, 2.75) is 38.6 Å². The molecule has 0 aliphatic carbocycles. The predicted molar refractivity (Wildman–Crippen MR) is 72.1 cm³/mol. The maximum atomic E-state index is 11.5. The van der Waals surface area contributed by atoms with Crippen LogP contribution in [0.1, 0.15) is 37.7 Å². The molecule has 18 heavy (non-hydrogen) atoms. The Morgan fingerprint density at radius 1 is 1.17 bits per heavy atom. The van der Waals surface area contributed by atoms with E-state index < -0.39 is 0 Å². The van der Waals surface area contributed by atoms with Gasteiger partial charge in [-0.15, -0.1) is 0 Å². The minimum Gasteiger partial charge on any atom is -0.508 e. The minimum absolute atomic E-state index is 0.0333. The van der Waals surface area contributed by atoms with E-state index in [1.807, 2.05) is 6.07 Å². The van der Waals surface area contributed by atoms with Gasteiger partial charge >= 0.3 is 0 Å². The summed E-state index contributed by atoms with van der Waals surface area (Å²) in [4.78, 5) is 11.5. The first-order valence-electron chi connectivity index (χ1n) is 6.47. The van der Waals surface area contributed by atoms with E-state index in [9.17, 15) is 9.90 Å². The van der Waals surface area contributed by atoms with Crippen molar-refractivity contribution in [1.82, 2.24) is 5.32 Å². The smallest absolute Gasteiger partial charge is 0.220 e. The van der Waals surface area contributed by atoms with Gasteiger partial charge in [-0.1, -0.05) is 31.0 Å². The third-order valence-electron chi connectivity index (χ3n) is 2.83. The third kappa shape index (κ3) is 5.68. The lowest BCUT2D eigenvalue weighted by molar-refractivity contribution is -0.121. The fraction of sp³-hybridized carbons (Fsp3) is 0.500. The lowest BCUT2D eigenvalue weighted by Crippen LogP contribution is -2.22. The van der Waals surface area contributed by atoms with Crippen LogP contribution < -0.4 is 11.1 Å². The second-order valence-electron chi connectivity index (χ2n) is 4.36. The van der Waals surface area contributed by atoms with Crippen LogP contribution in [0, 0.1) is 0 Å². The highest BCUT2D eigenvalue weighted by atomic mass is 16.3. The molecule has 0 fully saturated rings. The number of amides is 1. The van der Waals surface area contributed by atoms with Gasteiger partial charge < -0.3 is 16.2 Å². The third-order valence-corrected chi connectivity index (χ3v) is 2.83. The molecule has 0 heterocycles. The number of aromatic hydroxyl groups is 1. The van der Waals surface area contributed by atoms with Crippen LogP contribution in [0.4, 0.5) is 0 Å². The summed E-state index contributed by atoms with van der Waals surface area (Å²) in [6.45, 7) is 1.10. The molecule has 0 aromatic heterocycles. The highest BCUT2D eigenvalue weighted by molar-refractivity contribution is 5.75. The number of phenolic OH excluding ortho intramolecular Hbond substituents is 1. The molecule has 4 N–H and O–H groups in total. The monoisotopic (exact) mass is 250 g/mol. The fourth-order valence-electron chi connectivity index (χ4n) is 1.73. The highest BCUT2D eigenvalue weighted by Gasteiger charge is 2.03. The van der Waals surface area contributed by atoms with Crippen molar-refractivity contribution in [3.63, 3.8) is 0 Å². The van der Waals surface area contributed by atoms with Gasteiger partial charge in [0.2, 0.25) is 5.91 Å². The lowest BCUT2D eigenvalue weighted by Gasteiger charge is -2.06. The van der Waals surface area contributed by atoms with Gasteiger partial charge in [0.25, 0.3) is 0 Å². The van der Waals surface area contributed by atoms with Crippen LogP contribution in [-0.2, 0) is 11.3 Å².